The molecule has 3 nitrogen and oxygen atoms in total. The molecule has 3 heteroatoms. The van der Waals surface area contributed by atoms with Gasteiger partial charge < -0.3 is 15.1 Å². The third-order valence-corrected chi connectivity index (χ3v) is 3.53. The van der Waals surface area contributed by atoms with E-state index in [0.717, 1.165) is 36.9 Å². The van der Waals surface area contributed by atoms with Crippen LogP contribution in [0.1, 0.15) is 30.8 Å². The summed E-state index contributed by atoms with van der Waals surface area (Å²) in [5, 5.41) is 6.92. The van der Waals surface area contributed by atoms with E-state index in [4.69, 9.17) is 4.42 Å². The lowest BCUT2D eigenvalue weighted by Crippen LogP contribution is -2.30. The van der Waals surface area contributed by atoms with Gasteiger partial charge in [-0.05, 0) is 63.9 Å². The summed E-state index contributed by atoms with van der Waals surface area (Å²) in [6.45, 7) is 6.57. The first-order valence-corrected chi connectivity index (χ1v) is 6.81. The summed E-state index contributed by atoms with van der Waals surface area (Å²) < 4.78 is 5.53. The van der Waals surface area contributed by atoms with E-state index in [2.05, 4.69) is 16.7 Å². The second-order valence-electron chi connectivity index (χ2n) is 4.99. The highest BCUT2D eigenvalue weighted by molar-refractivity contribution is 5.05. The van der Waals surface area contributed by atoms with Crippen molar-refractivity contribution in [3.05, 3.63) is 23.7 Å². The maximum absolute atomic E-state index is 5.53. The number of hydrogen-bond donors (Lipinski definition) is 2. The normalized spacial score (nSPS) is 17.5. The highest BCUT2D eigenvalue weighted by Gasteiger charge is 2.11. The summed E-state index contributed by atoms with van der Waals surface area (Å²) in [6, 6.07) is 4.11. The molecule has 96 valence electrons. The van der Waals surface area contributed by atoms with Crippen molar-refractivity contribution in [3.8, 4) is 0 Å². The molecule has 0 aliphatic carbocycles. The number of rotatable bonds is 6. The summed E-state index contributed by atoms with van der Waals surface area (Å²) >= 11 is 0. The van der Waals surface area contributed by atoms with Crippen LogP contribution in [0.15, 0.2) is 16.5 Å². The summed E-state index contributed by atoms with van der Waals surface area (Å²) in [4.78, 5) is 0. The van der Waals surface area contributed by atoms with Gasteiger partial charge in [0, 0.05) is 13.0 Å². The van der Waals surface area contributed by atoms with Crippen LogP contribution >= 0.6 is 0 Å². The van der Waals surface area contributed by atoms with Gasteiger partial charge in [0.15, 0.2) is 0 Å². The van der Waals surface area contributed by atoms with E-state index in [-0.39, 0.29) is 0 Å². The predicted molar refractivity (Wildman–Crippen MR) is 70.2 cm³/mol. The Morgan fingerprint density at radius 3 is 2.82 bits per heavy atom. The summed E-state index contributed by atoms with van der Waals surface area (Å²) in [5.41, 5.74) is 0. The second-order valence-corrected chi connectivity index (χ2v) is 4.99. The Morgan fingerprint density at radius 2 is 2.12 bits per heavy atom. The van der Waals surface area contributed by atoms with Crippen molar-refractivity contribution in [3.63, 3.8) is 0 Å². The molecule has 0 aromatic carbocycles. The third kappa shape index (κ3) is 4.52. The Morgan fingerprint density at radius 1 is 1.29 bits per heavy atom. The fourth-order valence-corrected chi connectivity index (χ4v) is 2.43. The number of furan rings is 1. The van der Waals surface area contributed by atoms with Crippen LogP contribution in [0, 0.1) is 12.8 Å². The van der Waals surface area contributed by atoms with Crippen molar-refractivity contribution in [2.24, 2.45) is 5.92 Å². The van der Waals surface area contributed by atoms with Crippen LogP contribution in [0.25, 0.3) is 0 Å². The van der Waals surface area contributed by atoms with Gasteiger partial charge in [-0.1, -0.05) is 0 Å². The minimum absolute atomic E-state index is 0.926. The van der Waals surface area contributed by atoms with Gasteiger partial charge in [0.25, 0.3) is 0 Å². The van der Waals surface area contributed by atoms with E-state index >= 15 is 0 Å². The number of aryl methyl sites for hydroxylation is 1. The van der Waals surface area contributed by atoms with Gasteiger partial charge in [0.2, 0.25) is 0 Å². The molecule has 0 unspecified atom stereocenters. The first-order chi connectivity index (χ1) is 8.34. The number of nitrogens with one attached hydrogen (secondary N) is 2. The molecule has 1 aliphatic rings. The maximum atomic E-state index is 5.53. The smallest absolute Gasteiger partial charge is 0.105 e. The van der Waals surface area contributed by atoms with E-state index in [1.165, 1.54) is 32.4 Å². The zero-order valence-corrected chi connectivity index (χ0v) is 10.8. The van der Waals surface area contributed by atoms with E-state index in [1.807, 2.05) is 13.0 Å². The zero-order chi connectivity index (χ0) is 11.9. The molecule has 1 saturated heterocycles. The lowest BCUT2D eigenvalue weighted by molar-refractivity contribution is 0.348. The first kappa shape index (κ1) is 12.7. The quantitative estimate of drug-likeness (QED) is 0.743. The molecule has 1 fully saturated rings. The second kappa shape index (κ2) is 6.82. The topological polar surface area (TPSA) is 37.2 Å². The van der Waals surface area contributed by atoms with Gasteiger partial charge >= 0.3 is 0 Å². The molecule has 2 heterocycles. The molecule has 2 N–H and O–H groups in total. The van der Waals surface area contributed by atoms with Gasteiger partial charge in [0.1, 0.15) is 11.5 Å². The van der Waals surface area contributed by atoms with Gasteiger partial charge in [-0.25, -0.2) is 0 Å². The molecule has 1 aliphatic heterocycles. The standard InChI is InChI=1S/C14H24N2O/c1-12-2-3-14(17-12)7-11-16-10-6-13-4-8-15-9-5-13/h2-3,13,15-16H,4-11H2,1H3. The molecule has 2 rings (SSSR count). The van der Waals surface area contributed by atoms with E-state index in [9.17, 15) is 0 Å². The van der Waals surface area contributed by atoms with Crippen LogP contribution in [-0.2, 0) is 6.42 Å². The van der Waals surface area contributed by atoms with Crippen LogP contribution in [0.4, 0.5) is 0 Å². The molecule has 0 amide bonds. The molecule has 17 heavy (non-hydrogen) atoms. The SMILES string of the molecule is Cc1ccc(CCNCCC2CCNCC2)o1. The predicted octanol–water partition coefficient (Wildman–Crippen LogP) is 2.11. The Labute approximate surface area is 104 Å². The van der Waals surface area contributed by atoms with Crippen molar-refractivity contribution in [2.45, 2.75) is 32.6 Å². The van der Waals surface area contributed by atoms with Gasteiger partial charge in [-0.15, -0.1) is 0 Å². The van der Waals surface area contributed by atoms with E-state index < -0.39 is 0 Å². The highest BCUT2D eigenvalue weighted by Crippen LogP contribution is 2.14. The molecular formula is C14H24N2O. The third-order valence-electron chi connectivity index (χ3n) is 3.53. The Hall–Kier alpha value is -0.800. The van der Waals surface area contributed by atoms with Crippen LogP contribution in [0.5, 0.6) is 0 Å². The Kier molecular flexibility index (Phi) is 5.08. The summed E-state index contributed by atoms with van der Waals surface area (Å²) in [6.07, 6.45) is 5.01. The minimum atomic E-state index is 0.926. The van der Waals surface area contributed by atoms with E-state index in [0.29, 0.717) is 0 Å². The van der Waals surface area contributed by atoms with Crippen molar-refractivity contribution >= 4 is 0 Å². The molecule has 0 atom stereocenters. The Bertz CT molecular complexity index is 316. The van der Waals surface area contributed by atoms with Crippen molar-refractivity contribution < 1.29 is 4.42 Å². The van der Waals surface area contributed by atoms with Crippen molar-refractivity contribution in [2.75, 3.05) is 26.2 Å². The highest BCUT2D eigenvalue weighted by atomic mass is 16.3. The fourth-order valence-electron chi connectivity index (χ4n) is 2.43. The minimum Gasteiger partial charge on any atom is -0.466 e. The van der Waals surface area contributed by atoms with Gasteiger partial charge in [-0.3, -0.25) is 0 Å². The molecule has 0 spiro atoms. The molecular weight excluding hydrogens is 212 g/mol. The van der Waals surface area contributed by atoms with Crippen LogP contribution in [0.2, 0.25) is 0 Å². The molecule has 0 saturated carbocycles. The lowest BCUT2D eigenvalue weighted by atomic mass is 9.95. The number of hydrogen-bond acceptors (Lipinski definition) is 3. The zero-order valence-electron chi connectivity index (χ0n) is 10.8. The lowest BCUT2D eigenvalue weighted by Gasteiger charge is -2.22. The van der Waals surface area contributed by atoms with Crippen molar-refractivity contribution in [1.82, 2.24) is 10.6 Å². The average Bonchev–Trinajstić information content (AvgIpc) is 2.76. The molecule has 0 bridgehead atoms. The Balaban J connectivity index is 1.51. The van der Waals surface area contributed by atoms with Crippen LogP contribution < -0.4 is 10.6 Å². The average molecular weight is 236 g/mol. The molecule has 1 aromatic heterocycles. The number of piperidine rings is 1. The van der Waals surface area contributed by atoms with Gasteiger partial charge in [-0.2, -0.15) is 0 Å². The fraction of sp³-hybridized carbons (Fsp3) is 0.714. The largest absolute Gasteiger partial charge is 0.466 e. The van der Waals surface area contributed by atoms with Crippen molar-refractivity contribution in [1.29, 1.82) is 0 Å². The van der Waals surface area contributed by atoms with E-state index in [1.54, 1.807) is 0 Å². The monoisotopic (exact) mass is 236 g/mol. The maximum Gasteiger partial charge on any atom is 0.105 e. The molecule has 1 aromatic rings. The summed E-state index contributed by atoms with van der Waals surface area (Å²) in [7, 11) is 0. The molecule has 0 radical (unpaired) electrons. The first-order valence-electron chi connectivity index (χ1n) is 6.81. The van der Waals surface area contributed by atoms with Gasteiger partial charge in [0.05, 0.1) is 0 Å². The van der Waals surface area contributed by atoms with Crippen LogP contribution in [0.3, 0.4) is 0 Å². The van der Waals surface area contributed by atoms with Crippen LogP contribution in [-0.4, -0.2) is 26.2 Å². The summed E-state index contributed by atoms with van der Waals surface area (Å²) in [5.74, 6) is 3.03.